The monoisotopic (exact) mass is 149 g/mol. The van der Waals surface area contributed by atoms with Crippen molar-refractivity contribution >= 4 is 0 Å². The largest absolute Gasteiger partial charge is 0.850 e. The van der Waals surface area contributed by atoms with E-state index in [1.54, 1.807) is 0 Å². The van der Waals surface area contributed by atoms with Crippen LogP contribution in [0.2, 0.25) is 0 Å². The summed E-state index contributed by atoms with van der Waals surface area (Å²) in [6.07, 6.45) is -5.70. The van der Waals surface area contributed by atoms with Crippen LogP contribution in [-0.4, -0.2) is 18.7 Å². The van der Waals surface area contributed by atoms with E-state index in [1.807, 2.05) is 0 Å². The third-order valence-electron chi connectivity index (χ3n) is 0.596. The van der Waals surface area contributed by atoms with Gasteiger partial charge in [0, 0.05) is 0 Å². The summed E-state index contributed by atoms with van der Waals surface area (Å²) in [4.78, 5) is 0. The van der Waals surface area contributed by atoms with Crippen LogP contribution in [0.5, 0.6) is 0 Å². The summed E-state index contributed by atoms with van der Waals surface area (Å²) in [6.45, 7) is -2.45. The highest BCUT2D eigenvalue weighted by Gasteiger charge is 2.53. The maximum absolute atomic E-state index is 11.2. The van der Waals surface area contributed by atoms with Crippen molar-refractivity contribution in [1.82, 2.24) is 0 Å². The van der Waals surface area contributed by atoms with Gasteiger partial charge in [-0.1, -0.05) is 6.61 Å². The number of hydrogen-bond donors (Lipinski definition) is 0. The third-order valence-corrected chi connectivity index (χ3v) is 0.596. The van der Waals surface area contributed by atoms with Crippen LogP contribution >= 0.6 is 0 Å². The molecule has 0 amide bonds. The number of alkyl halides is 5. The molecule has 0 fully saturated rings. The van der Waals surface area contributed by atoms with Crippen LogP contribution in [0.15, 0.2) is 0 Å². The minimum absolute atomic E-state index is 2.45. The predicted octanol–water partition coefficient (Wildman–Crippen LogP) is 0.544. The van der Waals surface area contributed by atoms with Gasteiger partial charge in [0.2, 0.25) is 0 Å². The molecule has 1 nitrogen and oxygen atoms in total. The van der Waals surface area contributed by atoms with Crippen LogP contribution in [-0.2, 0) is 0 Å². The smallest absolute Gasteiger partial charge is 0.451 e. The Morgan fingerprint density at radius 1 is 1.00 bits per heavy atom. The zero-order valence-electron chi connectivity index (χ0n) is 4.01. The predicted molar refractivity (Wildman–Crippen MR) is 15.9 cm³/mol. The molecule has 0 saturated carbocycles. The Labute approximate surface area is 47.1 Å². The normalized spacial score (nSPS) is 14.0. The van der Waals surface area contributed by atoms with Gasteiger partial charge in [-0.25, -0.2) is 0 Å². The molecule has 0 spiro atoms. The van der Waals surface area contributed by atoms with Gasteiger partial charge >= 0.3 is 12.1 Å². The Hall–Kier alpha value is -0.390. The van der Waals surface area contributed by atoms with Crippen molar-refractivity contribution in [3.05, 3.63) is 0 Å². The van der Waals surface area contributed by atoms with E-state index in [0.29, 0.717) is 0 Å². The molecule has 0 atom stereocenters. The maximum Gasteiger partial charge on any atom is 0.451 e. The van der Waals surface area contributed by atoms with E-state index in [4.69, 9.17) is 5.11 Å². The average molecular weight is 149 g/mol. The summed E-state index contributed by atoms with van der Waals surface area (Å²) in [5.41, 5.74) is 0. The Balaban J connectivity index is 4.14. The van der Waals surface area contributed by atoms with Gasteiger partial charge in [0.15, 0.2) is 0 Å². The van der Waals surface area contributed by atoms with Crippen LogP contribution < -0.4 is 5.11 Å². The fourth-order valence-electron chi connectivity index (χ4n) is 0.0818. The summed E-state index contributed by atoms with van der Waals surface area (Å²) >= 11 is 0. The number of halogens is 5. The van der Waals surface area contributed by atoms with Crippen molar-refractivity contribution in [2.24, 2.45) is 0 Å². The van der Waals surface area contributed by atoms with Crippen LogP contribution in [0.25, 0.3) is 0 Å². The van der Waals surface area contributed by atoms with Crippen molar-refractivity contribution in [2.75, 3.05) is 6.61 Å². The molecule has 0 unspecified atom stereocenters. The second-order valence-corrected chi connectivity index (χ2v) is 1.35. The van der Waals surface area contributed by atoms with E-state index >= 15 is 0 Å². The topological polar surface area (TPSA) is 23.1 Å². The SMILES string of the molecule is [O-]CC(F)(F)C(F)(F)F. The summed E-state index contributed by atoms with van der Waals surface area (Å²) < 4.78 is 55.1. The molecule has 0 heterocycles. The first kappa shape index (κ1) is 8.61. The first-order chi connectivity index (χ1) is 3.81. The molecule has 0 aromatic rings. The molecule has 0 aromatic heterocycles. The molecular weight excluding hydrogens is 147 g/mol. The molecule has 0 aliphatic heterocycles. The minimum atomic E-state index is -5.70. The van der Waals surface area contributed by atoms with Gasteiger partial charge < -0.3 is 5.11 Å². The van der Waals surface area contributed by atoms with Crippen molar-refractivity contribution in [3.8, 4) is 0 Å². The van der Waals surface area contributed by atoms with E-state index in [0.717, 1.165) is 0 Å². The molecule has 0 aromatic carbocycles. The summed E-state index contributed by atoms with van der Waals surface area (Å²) in [5, 5.41) is 9.13. The van der Waals surface area contributed by atoms with Gasteiger partial charge in [-0.15, -0.1) is 0 Å². The van der Waals surface area contributed by atoms with E-state index < -0.39 is 18.7 Å². The highest BCUT2D eigenvalue weighted by molar-refractivity contribution is 4.72. The van der Waals surface area contributed by atoms with E-state index in [1.165, 1.54) is 0 Å². The summed E-state index contributed by atoms with van der Waals surface area (Å²) in [5.74, 6) is -5.08. The maximum atomic E-state index is 11.2. The molecule has 56 valence electrons. The molecule has 6 heteroatoms. The molecule has 0 N–H and O–H groups in total. The van der Waals surface area contributed by atoms with Crippen LogP contribution in [0.1, 0.15) is 0 Å². The lowest BCUT2D eigenvalue weighted by Gasteiger charge is -2.21. The van der Waals surface area contributed by atoms with Gasteiger partial charge in [0.1, 0.15) is 0 Å². The molecule has 0 radical (unpaired) electrons. The Morgan fingerprint density at radius 3 is 1.33 bits per heavy atom. The highest BCUT2D eigenvalue weighted by atomic mass is 19.4. The van der Waals surface area contributed by atoms with E-state index in [-0.39, 0.29) is 0 Å². The second-order valence-electron chi connectivity index (χ2n) is 1.35. The molecule has 0 bridgehead atoms. The Morgan fingerprint density at radius 2 is 1.33 bits per heavy atom. The van der Waals surface area contributed by atoms with Gasteiger partial charge in [-0.2, -0.15) is 22.0 Å². The van der Waals surface area contributed by atoms with E-state index in [9.17, 15) is 22.0 Å². The van der Waals surface area contributed by atoms with Crippen molar-refractivity contribution < 1.29 is 27.1 Å². The lowest BCUT2D eigenvalue weighted by atomic mass is 10.3. The van der Waals surface area contributed by atoms with Gasteiger partial charge in [-0.05, 0) is 0 Å². The van der Waals surface area contributed by atoms with E-state index in [2.05, 4.69) is 0 Å². The standard InChI is InChI=1S/C3H2F5O/c4-2(5,1-9)3(6,7)8/h1H2/q-1. The summed E-state index contributed by atoms with van der Waals surface area (Å²) in [6, 6.07) is 0. The second kappa shape index (κ2) is 2.09. The molecular formula is C3H2F5O-. The fraction of sp³-hybridized carbons (Fsp3) is 1.00. The lowest BCUT2D eigenvalue weighted by molar-refractivity contribution is -0.441. The minimum Gasteiger partial charge on any atom is -0.850 e. The van der Waals surface area contributed by atoms with Gasteiger partial charge in [0.05, 0.1) is 0 Å². The zero-order chi connectivity index (χ0) is 7.71. The molecule has 0 aliphatic rings. The fourth-order valence-corrected chi connectivity index (χ4v) is 0.0818. The van der Waals surface area contributed by atoms with Crippen molar-refractivity contribution in [3.63, 3.8) is 0 Å². The van der Waals surface area contributed by atoms with Gasteiger partial charge in [-0.3, -0.25) is 0 Å². The molecule has 0 aliphatic carbocycles. The van der Waals surface area contributed by atoms with Gasteiger partial charge in [0.25, 0.3) is 0 Å². The number of rotatable bonds is 1. The zero-order valence-corrected chi connectivity index (χ0v) is 4.01. The quantitative estimate of drug-likeness (QED) is 0.499. The number of hydrogen-bond acceptors (Lipinski definition) is 1. The van der Waals surface area contributed by atoms with Crippen molar-refractivity contribution in [2.45, 2.75) is 12.1 Å². The Kier molecular flexibility index (Phi) is 2.00. The van der Waals surface area contributed by atoms with Crippen molar-refractivity contribution in [1.29, 1.82) is 0 Å². The molecule has 0 saturated heterocycles. The molecule has 0 rings (SSSR count). The van der Waals surface area contributed by atoms with Crippen LogP contribution in [0.3, 0.4) is 0 Å². The average Bonchev–Trinajstić information content (AvgIpc) is 1.64. The lowest BCUT2D eigenvalue weighted by Crippen LogP contribution is -2.44. The Bertz CT molecular complexity index is 94.9. The third kappa shape index (κ3) is 1.78. The van der Waals surface area contributed by atoms with Crippen LogP contribution in [0.4, 0.5) is 22.0 Å². The highest BCUT2D eigenvalue weighted by Crippen LogP contribution is 2.33. The first-order valence-electron chi connectivity index (χ1n) is 1.84. The van der Waals surface area contributed by atoms with Crippen LogP contribution in [0, 0.1) is 0 Å². The summed E-state index contributed by atoms with van der Waals surface area (Å²) in [7, 11) is 0. The molecule has 9 heavy (non-hydrogen) atoms. The first-order valence-corrected chi connectivity index (χ1v) is 1.84.